The molecule has 1 saturated heterocycles. The SMILES string of the molecule is CCC1(CNC(=O)N2CCC[C@@H](C(=O)O)C2)CCC1. The van der Waals surface area contributed by atoms with Crippen LogP contribution in [0.5, 0.6) is 0 Å². The van der Waals surface area contributed by atoms with Gasteiger partial charge in [0.25, 0.3) is 0 Å². The van der Waals surface area contributed by atoms with Crippen LogP contribution in [0.1, 0.15) is 45.4 Å². The molecule has 0 bridgehead atoms. The number of carboxylic acids is 1. The van der Waals surface area contributed by atoms with E-state index < -0.39 is 11.9 Å². The van der Waals surface area contributed by atoms with E-state index in [0.29, 0.717) is 24.9 Å². The second kappa shape index (κ2) is 5.80. The molecule has 1 heterocycles. The Morgan fingerprint density at radius 3 is 2.63 bits per heavy atom. The molecule has 2 N–H and O–H groups in total. The molecule has 0 radical (unpaired) electrons. The van der Waals surface area contributed by atoms with Crippen LogP contribution in [0.3, 0.4) is 0 Å². The molecule has 5 nitrogen and oxygen atoms in total. The summed E-state index contributed by atoms with van der Waals surface area (Å²) in [6.45, 7) is 3.93. The fourth-order valence-electron chi connectivity index (χ4n) is 3.07. The third-order valence-electron chi connectivity index (χ3n) is 4.84. The number of likely N-dealkylation sites (tertiary alicyclic amines) is 1. The van der Waals surface area contributed by atoms with Gasteiger partial charge in [0.15, 0.2) is 0 Å². The molecule has 19 heavy (non-hydrogen) atoms. The van der Waals surface area contributed by atoms with Crippen molar-refractivity contribution in [2.24, 2.45) is 11.3 Å². The van der Waals surface area contributed by atoms with Crippen molar-refractivity contribution in [2.75, 3.05) is 19.6 Å². The molecular formula is C14H24N2O3. The number of piperidine rings is 1. The zero-order valence-electron chi connectivity index (χ0n) is 11.7. The largest absolute Gasteiger partial charge is 0.481 e. The van der Waals surface area contributed by atoms with E-state index in [9.17, 15) is 9.59 Å². The molecule has 0 aromatic carbocycles. The monoisotopic (exact) mass is 268 g/mol. The maximum atomic E-state index is 12.1. The number of aliphatic carboxylic acids is 1. The van der Waals surface area contributed by atoms with Crippen molar-refractivity contribution >= 4 is 12.0 Å². The van der Waals surface area contributed by atoms with Crippen molar-refractivity contribution < 1.29 is 14.7 Å². The Hall–Kier alpha value is -1.26. The lowest BCUT2D eigenvalue weighted by Gasteiger charge is -2.42. The Kier molecular flexibility index (Phi) is 4.32. The lowest BCUT2D eigenvalue weighted by molar-refractivity contribution is -0.143. The van der Waals surface area contributed by atoms with Crippen molar-refractivity contribution in [2.45, 2.75) is 45.4 Å². The van der Waals surface area contributed by atoms with Crippen molar-refractivity contribution in [3.05, 3.63) is 0 Å². The van der Waals surface area contributed by atoms with Crippen molar-refractivity contribution in [3.63, 3.8) is 0 Å². The molecule has 5 heteroatoms. The highest BCUT2D eigenvalue weighted by Gasteiger charge is 2.36. The maximum Gasteiger partial charge on any atom is 0.317 e. The van der Waals surface area contributed by atoms with Gasteiger partial charge in [0.1, 0.15) is 0 Å². The number of hydrogen-bond acceptors (Lipinski definition) is 2. The minimum absolute atomic E-state index is 0.0920. The Balaban J connectivity index is 1.81. The Morgan fingerprint density at radius 2 is 2.11 bits per heavy atom. The van der Waals surface area contributed by atoms with Gasteiger partial charge in [-0.15, -0.1) is 0 Å². The van der Waals surface area contributed by atoms with Gasteiger partial charge in [-0.2, -0.15) is 0 Å². The first-order valence-electron chi connectivity index (χ1n) is 7.32. The average Bonchev–Trinajstić information content (AvgIpc) is 2.38. The third kappa shape index (κ3) is 3.19. The number of nitrogens with zero attached hydrogens (tertiary/aromatic N) is 1. The molecule has 0 unspecified atom stereocenters. The summed E-state index contributed by atoms with van der Waals surface area (Å²) in [6, 6.07) is -0.0920. The molecule has 2 rings (SSSR count). The summed E-state index contributed by atoms with van der Waals surface area (Å²) in [5.74, 6) is -1.19. The summed E-state index contributed by atoms with van der Waals surface area (Å²) in [6.07, 6.45) is 6.21. The average molecular weight is 268 g/mol. The molecule has 1 aliphatic heterocycles. The lowest BCUT2D eigenvalue weighted by atomic mass is 9.67. The van der Waals surface area contributed by atoms with Crippen molar-refractivity contribution in [3.8, 4) is 0 Å². The second-order valence-corrected chi connectivity index (χ2v) is 5.99. The number of carbonyl (C=O) groups is 2. The van der Waals surface area contributed by atoms with E-state index in [-0.39, 0.29) is 6.03 Å². The van der Waals surface area contributed by atoms with Crippen LogP contribution in [0.2, 0.25) is 0 Å². The van der Waals surface area contributed by atoms with Crippen molar-refractivity contribution in [1.29, 1.82) is 0 Å². The molecule has 108 valence electrons. The Labute approximate surface area is 114 Å². The minimum atomic E-state index is -0.790. The van der Waals surface area contributed by atoms with E-state index in [2.05, 4.69) is 12.2 Å². The molecule has 2 fully saturated rings. The van der Waals surface area contributed by atoms with Gasteiger partial charge in [0, 0.05) is 19.6 Å². The van der Waals surface area contributed by atoms with Crippen LogP contribution in [0, 0.1) is 11.3 Å². The number of carbonyl (C=O) groups excluding carboxylic acids is 1. The van der Waals surface area contributed by atoms with Crippen LogP contribution in [0.15, 0.2) is 0 Å². The number of hydrogen-bond donors (Lipinski definition) is 2. The first-order valence-corrected chi connectivity index (χ1v) is 7.32. The normalized spacial score (nSPS) is 25.5. The molecule has 1 atom stereocenters. The van der Waals surface area contributed by atoms with E-state index in [0.717, 1.165) is 19.4 Å². The predicted molar refractivity (Wildman–Crippen MR) is 71.9 cm³/mol. The van der Waals surface area contributed by atoms with E-state index in [1.54, 1.807) is 4.90 Å². The van der Waals surface area contributed by atoms with Crippen LogP contribution in [0.4, 0.5) is 4.79 Å². The summed E-state index contributed by atoms with van der Waals surface area (Å²) in [4.78, 5) is 24.7. The number of rotatable bonds is 4. The number of urea groups is 1. The molecule has 0 spiro atoms. The highest BCUT2D eigenvalue weighted by molar-refractivity contribution is 5.76. The second-order valence-electron chi connectivity index (χ2n) is 5.99. The summed E-state index contributed by atoms with van der Waals surface area (Å²) >= 11 is 0. The maximum absolute atomic E-state index is 12.1. The van der Waals surface area contributed by atoms with Crippen LogP contribution in [0.25, 0.3) is 0 Å². The zero-order valence-corrected chi connectivity index (χ0v) is 11.7. The van der Waals surface area contributed by atoms with Crippen LogP contribution in [-0.2, 0) is 4.79 Å². The summed E-state index contributed by atoms with van der Waals surface area (Å²) in [7, 11) is 0. The van der Waals surface area contributed by atoms with Crippen LogP contribution >= 0.6 is 0 Å². The first-order chi connectivity index (χ1) is 9.06. The fraction of sp³-hybridized carbons (Fsp3) is 0.857. The topological polar surface area (TPSA) is 69.6 Å². The van der Waals surface area contributed by atoms with E-state index in [1.165, 1.54) is 19.3 Å². The van der Waals surface area contributed by atoms with Gasteiger partial charge in [-0.05, 0) is 37.5 Å². The minimum Gasteiger partial charge on any atom is -0.481 e. The standard InChI is InChI=1S/C14H24N2O3/c1-2-14(6-4-7-14)10-15-13(19)16-8-3-5-11(9-16)12(17)18/h11H,2-10H2,1H3,(H,15,19)(H,17,18)/t11-/m1/s1. The molecule has 0 aromatic rings. The van der Waals surface area contributed by atoms with Crippen LogP contribution < -0.4 is 5.32 Å². The lowest BCUT2D eigenvalue weighted by Crippen LogP contribution is -2.50. The Morgan fingerprint density at radius 1 is 1.37 bits per heavy atom. The van der Waals surface area contributed by atoms with E-state index in [4.69, 9.17) is 5.11 Å². The van der Waals surface area contributed by atoms with Gasteiger partial charge >= 0.3 is 12.0 Å². The third-order valence-corrected chi connectivity index (χ3v) is 4.84. The van der Waals surface area contributed by atoms with Gasteiger partial charge in [-0.3, -0.25) is 4.79 Å². The highest BCUT2D eigenvalue weighted by atomic mass is 16.4. The first kappa shape index (κ1) is 14.2. The highest BCUT2D eigenvalue weighted by Crippen LogP contribution is 2.43. The molecule has 0 aromatic heterocycles. The Bertz CT molecular complexity index is 347. The quantitative estimate of drug-likeness (QED) is 0.820. The predicted octanol–water partition coefficient (Wildman–Crippen LogP) is 2.07. The summed E-state index contributed by atoms with van der Waals surface area (Å²) < 4.78 is 0. The molecular weight excluding hydrogens is 244 g/mol. The smallest absolute Gasteiger partial charge is 0.317 e. The molecule has 1 saturated carbocycles. The number of amides is 2. The van der Waals surface area contributed by atoms with Gasteiger partial charge in [0.2, 0.25) is 0 Å². The number of carboxylic acid groups (broad SMARTS) is 1. The summed E-state index contributed by atoms with van der Waals surface area (Å²) in [5, 5.41) is 12.0. The molecule has 2 amide bonds. The van der Waals surface area contributed by atoms with Crippen molar-refractivity contribution in [1.82, 2.24) is 10.2 Å². The summed E-state index contributed by atoms with van der Waals surface area (Å²) in [5.41, 5.74) is 0.303. The van der Waals surface area contributed by atoms with Gasteiger partial charge in [-0.1, -0.05) is 13.3 Å². The zero-order chi connectivity index (χ0) is 13.9. The number of nitrogens with one attached hydrogen (secondary N) is 1. The van der Waals surface area contributed by atoms with E-state index >= 15 is 0 Å². The van der Waals surface area contributed by atoms with Gasteiger partial charge in [0.05, 0.1) is 5.92 Å². The van der Waals surface area contributed by atoms with Gasteiger partial charge < -0.3 is 15.3 Å². The fourth-order valence-corrected chi connectivity index (χ4v) is 3.07. The molecule has 2 aliphatic rings. The van der Waals surface area contributed by atoms with Crippen LogP contribution in [-0.4, -0.2) is 41.6 Å². The van der Waals surface area contributed by atoms with Gasteiger partial charge in [-0.25, -0.2) is 4.79 Å². The van der Waals surface area contributed by atoms with E-state index in [1.807, 2.05) is 0 Å². The molecule has 1 aliphatic carbocycles.